The van der Waals surface area contributed by atoms with Gasteiger partial charge in [0.2, 0.25) is 0 Å². The predicted molar refractivity (Wildman–Crippen MR) is 111 cm³/mol. The van der Waals surface area contributed by atoms with Gasteiger partial charge in [-0.25, -0.2) is 4.98 Å². The van der Waals surface area contributed by atoms with Crippen LogP contribution in [0.3, 0.4) is 0 Å². The van der Waals surface area contributed by atoms with Gasteiger partial charge in [-0.05, 0) is 62.0 Å². The Bertz CT molecular complexity index is 910. The van der Waals surface area contributed by atoms with E-state index in [1.165, 1.54) is 30.6 Å². The zero-order valence-corrected chi connectivity index (χ0v) is 16.6. The number of aryl methyl sites for hydroxylation is 1. The molecular weight excluding hydrogens is 356 g/mol. The van der Waals surface area contributed by atoms with Crippen LogP contribution in [0.2, 0.25) is 0 Å². The van der Waals surface area contributed by atoms with Crippen LogP contribution in [0.1, 0.15) is 48.1 Å². The van der Waals surface area contributed by atoms with Gasteiger partial charge in [0.1, 0.15) is 5.82 Å². The van der Waals surface area contributed by atoms with Gasteiger partial charge in [-0.1, -0.05) is 19.4 Å². The molecule has 3 aromatic rings. The number of amides is 1. The Balaban J connectivity index is 1.59. The SMILES string of the molecule is CCCn1c(CN2CCCCC2)nc2cc(NC(=O)c3cccs3)ccc21. The van der Waals surface area contributed by atoms with Crippen molar-refractivity contribution >= 4 is 34.0 Å². The fourth-order valence-electron chi connectivity index (χ4n) is 3.77. The molecule has 0 aliphatic carbocycles. The van der Waals surface area contributed by atoms with Crippen LogP contribution in [0.5, 0.6) is 0 Å². The molecule has 0 bridgehead atoms. The number of carbonyl (C=O) groups excluding carboxylic acids is 1. The van der Waals surface area contributed by atoms with Crippen LogP contribution >= 0.6 is 11.3 Å². The molecule has 5 nitrogen and oxygen atoms in total. The van der Waals surface area contributed by atoms with Gasteiger partial charge in [0.05, 0.1) is 22.5 Å². The van der Waals surface area contributed by atoms with Crippen molar-refractivity contribution in [3.05, 3.63) is 46.4 Å². The maximum atomic E-state index is 12.3. The Morgan fingerprint density at radius 2 is 2.07 bits per heavy atom. The molecule has 1 N–H and O–H groups in total. The van der Waals surface area contributed by atoms with Crippen molar-refractivity contribution in [3.63, 3.8) is 0 Å². The molecule has 1 amide bonds. The van der Waals surface area contributed by atoms with E-state index in [-0.39, 0.29) is 5.91 Å². The lowest BCUT2D eigenvalue weighted by Crippen LogP contribution is -2.30. The van der Waals surface area contributed by atoms with E-state index in [1.54, 1.807) is 0 Å². The van der Waals surface area contributed by atoms with Crippen LogP contribution in [-0.4, -0.2) is 33.4 Å². The van der Waals surface area contributed by atoms with Gasteiger partial charge in [0.25, 0.3) is 5.91 Å². The summed E-state index contributed by atoms with van der Waals surface area (Å²) in [7, 11) is 0. The average molecular weight is 383 g/mol. The minimum Gasteiger partial charge on any atom is -0.327 e. The van der Waals surface area contributed by atoms with Crippen molar-refractivity contribution in [1.82, 2.24) is 14.5 Å². The van der Waals surface area contributed by atoms with Gasteiger partial charge in [-0.3, -0.25) is 9.69 Å². The number of hydrogen-bond donors (Lipinski definition) is 1. The first-order valence-corrected chi connectivity index (χ1v) is 10.7. The van der Waals surface area contributed by atoms with Crippen molar-refractivity contribution in [2.45, 2.75) is 45.7 Å². The number of nitrogens with one attached hydrogen (secondary N) is 1. The van der Waals surface area contributed by atoms with Crippen LogP contribution in [0, 0.1) is 0 Å². The van der Waals surface area contributed by atoms with E-state index in [9.17, 15) is 4.79 Å². The number of piperidine rings is 1. The molecule has 0 saturated carbocycles. The molecule has 142 valence electrons. The van der Waals surface area contributed by atoms with E-state index in [4.69, 9.17) is 4.98 Å². The van der Waals surface area contributed by atoms with Gasteiger partial charge in [-0.2, -0.15) is 0 Å². The summed E-state index contributed by atoms with van der Waals surface area (Å²) in [4.78, 5) is 20.5. The van der Waals surface area contributed by atoms with E-state index >= 15 is 0 Å². The highest BCUT2D eigenvalue weighted by Gasteiger charge is 2.17. The third-order valence-corrected chi connectivity index (χ3v) is 5.96. The number of hydrogen-bond acceptors (Lipinski definition) is 4. The highest BCUT2D eigenvalue weighted by molar-refractivity contribution is 7.12. The first-order chi connectivity index (χ1) is 13.2. The second-order valence-electron chi connectivity index (χ2n) is 7.15. The van der Waals surface area contributed by atoms with E-state index in [0.717, 1.165) is 60.0 Å². The second-order valence-corrected chi connectivity index (χ2v) is 8.10. The summed E-state index contributed by atoms with van der Waals surface area (Å²) in [6, 6.07) is 9.79. The maximum Gasteiger partial charge on any atom is 0.265 e. The topological polar surface area (TPSA) is 50.2 Å². The van der Waals surface area contributed by atoms with Gasteiger partial charge in [0.15, 0.2) is 0 Å². The zero-order valence-electron chi connectivity index (χ0n) is 15.8. The lowest BCUT2D eigenvalue weighted by atomic mass is 10.1. The monoisotopic (exact) mass is 382 g/mol. The fourth-order valence-corrected chi connectivity index (χ4v) is 4.39. The van der Waals surface area contributed by atoms with Crippen molar-refractivity contribution in [2.75, 3.05) is 18.4 Å². The van der Waals surface area contributed by atoms with Gasteiger partial charge < -0.3 is 9.88 Å². The number of imidazole rings is 1. The lowest BCUT2D eigenvalue weighted by molar-refractivity contribution is 0.103. The smallest absolute Gasteiger partial charge is 0.265 e. The van der Waals surface area contributed by atoms with Crippen LogP contribution in [0.4, 0.5) is 5.69 Å². The van der Waals surface area contributed by atoms with E-state index in [0.29, 0.717) is 0 Å². The Hall–Kier alpha value is -2.18. The van der Waals surface area contributed by atoms with Crippen molar-refractivity contribution < 1.29 is 4.79 Å². The molecule has 1 aromatic carbocycles. The number of rotatable bonds is 6. The minimum atomic E-state index is -0.0640. The minimum absolute atomic E-state index is 0.0640. The van der Waals surface area contributed by atoms with Crippen LogP contribution in [0.25, 0.3) is 11.0 Å². The highest BCUT2D eigenvalue weighted by atomic mass is 32.1. The molecule has 0 unspecified atom stereocenters. The molecule has 27 heavy (non-hydrogen) atoms. The summed E-state index contributed by atoms with van der Waals surface area (Å²) in [6.45, 7) is 6.41. The van der Waals surface area contributed by atoms with Crippen LogP contribution in [-0.2, 0) is 13.1 Å². The molecule has 4 rings (SSSR count). The number of fused-ring (bicyclic) bond motifs is 1. The molecule has 1 aliphatic heterocycles. The molecule has 0 spiro atoms. The van der Waals surface area contributed by atoms with Crippen molar-refractivity contribution in [2.24, 2.45) is 0 Å². The quantitative estimate of drug-likeness (QED) is 0.669. The molecule has 0 radical (unpaired) electrons. The van der Waals surface area contributed by atoms with Crippen molar-refractivity contribution in [3.8, 4) is 0 Å². The largest absolute Gasteiger partial charge is 0.327 e. The second kappa shape index (κ2) is 8.23. The van der Waals surface area contributed by atoms with Gasteiger partial charge >= 0.3 is 0 Å². The normalized spacial score (nSPS) is 15.3. The highest BCUT2D eigenvalue weighted by Crippen LogP contribution is 2.23. The molecule has 1 aliphatic rings. The first kappa shape index (κ1) is 18.2. The molecule has 1 saturated heterocycles. The summed E-state index contributed by atoms with van der Waals surface area (Å²) in [5, 5.41) is 4.90. The summed E-state index contributed by atoms with van der Waals surface area (Å²) in [5.41, 5.74) is 2.91. The predicted octanol–water partition coefficient (Wildman–Crippen LogP) is 4.75. The number of carbonyl (C=O) groups is 1. The van der Waals surface area contributed by atoms with Crippen LogP contribution in [0.15, 0.2) is 35.7 Å². The molecule has 2 aromatic heterocycles. The number of nitrogens with zero attached hydrogens (tertiary/aromatic N) is 3. The standard InChI is InChI=1S/C21H26N4OS/c1-2-10-25-18-9-8-16(22-21(26)19-7-6-13-27-19)14-17(18)23-20(25)15-24-11-4-3-5-12-24/h6-9,13-14H,2-5,10-12,15H2,1H3,(H,22,26). The fraction of sp³-hybridized carbons (Fsp3) is 0.429. The lowest BCUT2D eigenvalue weighted by Gasteiger charge is -2.26. The van der Waals surface area contributed by atoms with Gasteiger partial charge in [-0.15, -0.1) is 11.3 Å². The number of aromatic nitrogens is 2. The molecule has 1 fully saturated rings. The van der Waals surface area contributed by atoms with Crippen LogP contribution < -0.4 is 5.32 Å². The van der Waals surface area contributed by atoms with Gasteiger partial charge in [0, 0.05) is 12.2 Å². The maximum absolute atomic E-state index is 12.3. The van der Waals surface area contributed by atoms with Crippen molar-refractivity contribution in [1.29, 1.82) is 0 Å². The Kier molecular flexibility index (Phi) is 5.55. The number of likely N-dealkylation sites (tertiary alicyclic amines) is 1. The number of anilines is 1. The zero-order chi connectivity index (χ0) is 18.6. The molecule has 6 heteroatoms. The number of benzene rings is 1. The average Bonchev–Trinajstić information content (AvgIpc) is 3.32. The third kappa shape index (κ3) is 4.06. The molecular formula is C21H26N4OS. The van der Waals surface area contributed by atoms with E-state index in [1.807, 2.05) is 29.6 Å². The molecule has 3 heterocycles. The Morgan fingerprint density at radius 1 is 1.22 bits per heavy atom. The summed E-state index contributed by atoms with van der Waals surface area (Å²) >= 11 is 1.45. The summed E-state index contributed by atoms with van der Waals surface area (Å²) in [6.07, 6.45) is 4.99. The van der Waals surface area contributed by atoms with E-state index < -0.39 is 0 Å². The number of thiophene rings is 1. The third-order valence-electron chi connectivity index (χ3n) is 5.09. The Labute approximate surface area is 164 Å². The Morgan fingerprint density at radius 3 is 2.81 bits per heavy atom. The first-order valence-electron chi connectivity index (χ1n) is 9.81. The summed E-state index contributed by atoms with van der Waals surface area (Å²) < 4.78 is 2.34. The molecule has 0 atom stereocenters. The summed E-state index contributed by atoms with van der Waals surface area (Å²) in [5.74, 6) is 1.07. The van der Waals surface area contributed by atoms with E-state index in [2.05, 4.69) is 27.8 Å².